The molecule has 1 aliphatic rings. The lowest BCUT2D eigenvalue weighted by molar-refractivity contribution is 0.666. The van der Waals surface area contributed by atoms with Crippen molar-refractivity contribution in [1.82, 2.24) is 13.7 Å². The molecule has 3 heterocycles. The molecule has 3 nitrogen and oxygen atoms in total. The van der Waals surface area contributed by atoms with Crippen LogP contribution in [-0.4, -0.2) is 13.7 Å². The van der Waals surface area contributed by atoms with E-state index >= 15 is 0 Å². The third-order valence-corrected chi connectivity index (χ3v) is 12.2. The van der Waals surface area contributed by atoms with Gasteiger partial charge in [-0.2, -0.15) is 0 Å². The maximum Gasteiger partial charge on any atom is 0.0703 e. The molecular formula is C51H35N3. The molecule has 8 aromatic carbocycles. The molecule has 0 saturated carbocycles. The van der Waals surface area contributed by atoms with Gasteiger partial charge >= 0.3 is 0 Å². The Morgan fingerprint density at radius 3 is 1.65 bits per heavy atom. The molecule has 254 valence electrons. The highest BCUT2D eigenvalue weighted by molar-refractivity contribution is 6.26. The van der Waals surface area contributed by atoms with Gasteiger partial charge in [0.1, 0.15) is 0 Å². The Labute approximate surface area is 312 Å². The molecule has 3 aromatic heterocycles. The molecule has 0 aliphatic heterocycles. The van der Waals surface area contributed by atoms with Gasteiger partial charge in [0.2, 0.25) is 0 Å². The van der Waals surface area contributed by atoms with E-state index < -0.39 is 0 Å². The van der Waals surface area contributed by atoms with Gasteiger partial charge in [-0.3, -0.25) is 0 Å². The van der Waals surface area contributed by atoms with E-state index in [-0.39, 0.29) is 5.41 Å². The van der Waals surface area contributed by atoms with E-state index in [1.807, 2.05) is 0 Å². The third-order valence-electron chi connectivity index (χ3n) is 12.2. The van der Waals surface area contributed by atoms with Crippen LogP contribution in [0.15, 0.2) is 176 Å². The van der Waals surface area contributed by atoms with E-state index in [2.05, 4.69) is 203 Å². The number of aromatic nitrogens is 3. The maximum absolute atomic E-state index is 2.54. The van der Waals surface area contributed by atoms with Crippen LogP contribution in [-0.2, 0) is 5.41 Å². The van der Waals surface area contributed by atoms with E-state index in [9.17, 15) is 0 Å². The number of hydrogen-bond acceptors (Lipinski definition) is 0. The van der Waals surface area contributed by atoms with Crippen molar-refractivity contribution < 1.29 is 0 Å². The zero-order chi connectivity index (χ0) is 35.7. The van der Waals surface area contributed by atoms with Crippen LogP contribution in [0.5, 0.6) is 0 Å². The zero-order valence-electron chi connectivity index (χ0n) is 30.1. The summed E-state index contributed by atoms with van der Waals surface area (Å²) in [4.78, 5) is 0. The smallest absolute Gasteiger partial charge is 0.0703 e. The van der Waals surface area contributed by atoms with Crippen LogP contribution < -0.4 is 0 Å². The SMILES string of the molecule is CC1(C)c2ccccc2-c2ccc3c(c21)c1ccccc1n3-c1ccccc1-n1c2ccccc2c2ccc3c(c4ccccc4n3-c3ccccc3)c21. The van der Waals surface area contributed by atoms with Crippen LogP contribution in [0.4, 0.5) is 0 Å². The minimum Gasteiger partial charge on any atom is -0.309 e. The van der Waals surface area contributed by atoms with Crippen LogP contribution in [0.3, 0.4) is 0 Å². The van der Waals surface area contributed by atoms with E-state index in [1.54, 1.807) is 0 Å². The summed E-state index contributed by atoms with van der Waals surface area (Å²) in [5.41, 5.74) is 16.1. The number of benzene rings is 8. The van der Waals surface area contributed by atoms with E-state index in [4.69, 9.17) is 0 Å². The van der Waals surface area contributed by atoms with Crippen molar-refractivity contribution in [1.29, 1.82) is 0 Å². The van der Waals surface area contributed by atoms with Crippen LogP contribution in [0, 0.1) is 0 Å². The first-order valence-electron chi connectivity index (χ1n) is 18.9. The summed E-state index contributed by atoms with van der Waals surface area (Å²) in [6.07, 6.45) is 0. The first kappa shape index (κ1) is 29.7. The Hall–Kier alpha value is -6.84. The predicted molar refractivity (Wildman–Crippen MR) is 227 cm³/mol. The first-order chi connectivity index (χ1) is 26.6. The monoisotopic (exact) mass is 689 g/mol. The lowest BCUT2D eigenvalue weighted by atomic mass is 9.80. The van der Waals surface area contributed by atoms with E-state index in [1.165, 1.54) is 87.7 Å². The van der Waals surface area contributed by atoms with E-state index in [0.29, 0.717) is 0 Å². The Morgan fingerprint density at radius 2 is 0.889 bits per heavy atom. The fourth-order valence-corrected chi connectivity index (χ4v) is 10.0. The Bertz CT molecular complexity index is 3350. The molecule has 11 aromatic rings. The fraction of sp³-hybridized carbons (Fsp3) is 0.0588. The van der Waals surface area contributed by atoms with Gasteiger partial charge in [0.05, 0.1) is 44.5 Å². The van der Waals surface area contributed by atoms with Gasteiger partial charge in [-0.05, 0) is 76.9 Å². The Kier molecular flexibility index (Phi) is 5.84. The summed E-state index contributed by atoms with van der Waals surface area (Å²) in [6, 6.07) is 64.9. The van der Waals surface area contributed by atoms with Crippen molar-refractivity contribution in [2.45, 2.75) is 19.3 Å². The average Bonchev–Trinajstić information content (AvgIpc) is 3.92. The molecule has 0 radical (unpaired) electrons. The molecule has 0 amide bonds. The second kappa shape index (κ2) is 10.6. The molecule has 0 spiro atoms. The number of rotatable bonds is 3. The van der Waals surface area contributed by atoms with Crippen molar-refractivity contribution in [3.63, 3.8) is 0 Å². The normalized spacial score (nSPS) is 13.5. The van der Waals surface area contributed by atoms with Crippen molar-refractivity contribution in [3.05, 3.63) is 187 Å². The fourth-order valence-electron chi connectivity index (χ4n) is 10.0. The Morgan fingerprint density at radius 1 is 0.352 bits per heavy atom. The first-order valence-corrected chi connectivity index (χ1v) is 18.9. The van der Waals surface area contributed by atoms with Crippen molar-refractivity contribution in [3.8, 4) is 28.2 Å². The largest absolute Gasteiger partial charge is 0.309 e. The summed E-state index contributed by atoms with van der Waals surface area (Å²) in [7, 11) is 0. The van der Waals surface area contributed by atoms with Gasteiger partial charge in [0.25, 0.3) is 0 Å². The van der Waals surface area contributed by atoms with Gasteiger partial charge in [0.15, 0.2) is 0 Å². The van der Waals surface area contributed by atoms with Gasteiger partial charge in [-0.15, -0.1) is 0 Å². The molecule has 1 aliphatic carbocycles. The lowest BCUT2D eigenvalue weighted by Gasteiger charge is -2.22. The second-order valence-corrected chi connectivity index (χ2v) is 15.3. The van der Waals surface area contributed by atoms with Gasteiger partial charge in [-0.1, -0.05) is 135 Å². The van der Waals surface area contributed by atoms with Crippen LogP contribution in [0.1, 0.15) is 25.0 Å². The number of para-hydroxylation sites is 6. The average molecular weight is 690 g/mol. The topological polar surface area (TPSA) is 14.8 Å². The van der Waals surface area contributed by atoms with E-state index in [0.717, 1.165) is 17.1 Å². The summed E-state index contributed by atoms with van der Waals surface area (Å²) in [6.45, 7) is 4.79. The minimum absolute atomic E-state index is 0.134. The summed E-state index contributed by atoms with van der Waals surface area (Å²) in [5.74, 6) is 0. The molecule has 0 unspecified atom stereocenters. The second-order valence-electron chi connectivity index (χ2n) is 15.3. The number of hydrogen-bond donors (Lipinski definition) is 0. The van der Waals surface area contributed by atoms with Crippen molar-refractivity contribution >= 4 is 65.4 Å². The lowest BCUT2D eigenvalue weighted by Crippen LogP contribution is -2.15. The predicted octanol–water partition coefficient (Wildman–Crippen LogP) is 13.3. The summed E-state index contributed by atoms with van der Waals surface area (Å²) >= 11 is 0. The molecule has 0 saturated heterocycles. The molecule has 0 fully saturated rings. The molecule has 12 rings (SSSR count). The molecule has 0 N–H and O–H groups in total. The molecule has 54 heavy (non-hydrogen) atoms. The molecular weight excluding hydrogens is 655 g/mol. The van der Waals surface area contributed by atoms with Gasteiger partial charge < -0.3 is 13.7 Å². The van der Waals surface area contributed by atoms with Crippen molar-refractivity contribution in [2.75, 3.05) is 0 Å². The van der Waals surface area contributed by atoms with Crippen molar-refractivity contribution in [2.24, 2.45) is 0 Å². The highest BCUT2D eigenvalue weighted by Gasteiger charge is 2.38. The zero-order valence-corrected chi connectivity index (χ0v) is 30.1. The van der Waals surface area contributed by atoms with Gasteiger partial charge in [0, 0.05) is 43.4 Å². The van der Waals surface area contributed by atoms with Crippen LogP contribution in [0.25, 0.3) is 93.6 Å². The third kappa shape index (κ3) is 3.71. The minimum atomic E-state index is -0.134. The maximum atomic E-state index is 2.54. The summed E-state index contributed by atoms with van der Waals surface area (Å²) in [5, 5.41) is 7.64. The number of fused-ring (bicyclic) bond motifs is 14. The summed E-state index contributed by atoms with van der Waals surface area (Å²) < 4.78 is 7.48. The Balaban J connectivity index is 1.23. The van der Waals surface area contributed by atoms with Crippen LogP contribution in [0.2, 0.25) is 0 Å². The molecule has 0 atom stereocenters. The highest BCUT2D eigenvalue weighted by Crippen LogP contribution is 2.53. The van der Waals surface area contributed by atoms with Gasteiger partial charge in [-0.25, -0.2) is 0 Å². The standard InChI is InChI=1S/C51H35N3/c1-51(2)39-22-10-6-18-33(39)35-28-30-45-47(49(35)51)37-20-8-13-25-42(37)53(45)43-26-14-15-27-44(43)54-40-23-11-7-19-34(40)36-29-31-46-48(50(36)54)38-21-9-12-24-41(38)52(46)32-16-4-3-5-17-32/h3-31H,1-2H3. The molecule has 3 heteroatoms. The molecule has 0 bridgehead atoms. The number of nitrogens with zero attached hydrogens (tertiary/aromatic N) is 3. The quantitative estimate of drug-likeness (QED) is 0.175. The highest BCUT2D eigenvalue weighted by atomic mass is 15.1. The van der Waals surface area contributed by atoms with Crippen LogP contribution >= 0.6 is 0 Å².